The predicted molar refractivity (Wildman–Crippen MR) is 79.2 cm³/mol. The SMILES string of the molecule is CCCNc1ncnc(N2CC(CO)OCC2C)c1C. The molecule has 6 heteroatoms. The van der Waals surface area contributed by atoms with Crippen molar-refractivity contribution in [2.75, 3.05) is 36.5 Å². The maximum absolute atomic E-state index is 9.29. The van der Waals surface area contributed by atoms with Crippen LogP contribution in [0.15, 0.2) is 6.33 Å². The van der Waals surface area contributed by atoms with E-state index in [9.17, 15) is 5.11 Å². The first-order valence-corrected chi connectivity index (χ1v) is 7.22. The Balaban J connectivity index is 2.22. The monoisotopic (exact) mass is 280 g/mol. The number of hydrogen-bond acceptors (Lipinski definition) is 6. The molecular weight excluding hydrogens is 256 g/mol. The van der Waals surface area contributed by atoms with E-state index in [1.807, 2.05) is 6.92 Å². The smallest absolute Gasteiger partial charge is 0.137 e. The minimum Gasteiger partial charge on any atom is -0.394 e. The van der Waals surface area contributed by atoms with Crippen LogP contribution in [-0.2, 0) is 4.74 Å². The van der Waals surface area contributed by atoms with Crippen LogP contribution in [0.1, 0.15) is 25.8 Å². The first-order valence-electron chi connectivity index (χ1n) is 7.22. The van der Waals surface area contributed by atoms with E-state index in [-0.39, 0.29) is 18.8 Å². The molecule has 0 saturated carbocycles. The third-order valence-electron chi connectivity index (χ3n) is 3.58. The summed E-state index contributed by atoms with van der Waals surface area (Å²) in [5.41, 5.74) is 1.05. The molecule has 0 radical (unpaired) electrons. The fraction of sp³-hybridized carbons (Fsp3) is 0.714. The highest BCUT2D eigenvalue weighted by atomic mass is 16.5. The molecule has 2 heterocycles. The van der Waals surface area contributed by atoms with Crippen LogP contribution in [0.25, 0.3) is 0 Å². The number of aromatic nitrogens is 2. The van der Waals surface area contributed by atoms with Crippen molar-refractivity contribution >= 4 is 11.6 Å². The Hall–Kier alpha value is -1.40. The van der Waals surface area contributed by atoms with Crippen molar-refractivity contribution in [2.24, 2.45) is 0 Å². The van der Waals surface area contributed by atoms with Gasteiger partial charge in [0.25, 0.3) is 0 Å². The van der Waals surface area contributed by atoms with Crippen molar-refractivity contribution < 1.29 is 9.84 Å². The summed E-state index contributed by atoms with van der Waals surface area (Å²) in [6.45, 7) is 8.46. The summed E-state index contributed by atoms with van der Waals surface area (Å²) in [4.78, 5) is 10.9. The molecule has 0 aromatic carbocycles. The molecule has 1 fully saturated rings. The molecule has 1 aliphatic heterocycles. The van der Waals surface area contributed by atoms with Gasteiger partial charge < -0.3 is 20.1 Å². The highest BCUT2D eigenvalue weighted by Gasteiger charge is 2.28. The number of aliphatic hydroxyl groups excluding tert-OH is 1. The van der Waals surface area contributed by atoms with Crippen molar-refractivity contribution in [2.45, 2.75) is 39.3 Å². The number of nitrogens with one attached hydrogen (secondary N) is 1. The van der Waals surface area contributed by atoms with E-state index < -0.39 is 0 Å². The zero-order chi connectivity index (χ0) is 14.5. The van der Waals surface area contributed by atoms with E-state index >= 15 is 0 Å². The largest absolute Gasteiger partial charge is 0.394 e. The number of ether oxygens (including phenoxy) is 1. The van der Waals surface area contributed by atoms with Crippen LogP contribution in [0.4, 0.5) is 11.6 Å². The minimum absolute atomic E-state index is 0.0360. The van der Waals surface area contributed by atoms with Crippen LogP contribution < -0.4 is 10.2 Å². The van der Waals surface area contributed by atoms with Gasteiger partial charge in [-0.2, -0.15) is 0 Å². The molecule has 0 bridgehead atoms. The van der Waals surface area contributed by atoms with Gasteiger partial charge in [0.1, 0.15) is 18.0 Å². The van der Waals surface area contributed by atoms with Gasteiger partial charge >= 0.3 is 0 Å². The Morgan fingerprint density at radius 1 is 1.50 bits per heavy atom. The number of morpholine rings is 1. The van der Waals surface area contributed by atoms with Crippen LogP contribution in [0.3, 0.4) is 0 Å². The van der Waals surface area contributed by atoms with E-state index in [1.165, 1.54) is 0 Å². The van der Waals surface area contributed by atoms with Crippen molar-refractivity contribution in [3.63, 3.8) is 0 Å². The second kappa shape index (κ2) is 6.85. The summed E-state index contributed by atoms with van der Waals surface area (Å²) >= 11 is 0. The van der Waals surface area contributed by atoms with Gasteiger partial charge in [-0.25, -0.2) is 9.97 Å². The quantitative estimate of drug-likeness (QED) is 0.844. The summed E-state index contributed by atoms with van der Waals surface area (Å²) in [6.07, 6.45) is 2.50. The number of aliphatic hydroxyl groups is 1. The Morgan fingerprint density at radius 3 is 3.00 bits per heavy atom. The van der Waals surface area contributed by atoms with Gasteiger partial charge in [0.15, 0.2) is 0 Å². The minimum atomic E-state index is -0.146. The van der Waals surface area contributed by atoms with Gasteiger partial charge in [0, 0.05) is 18.7 Å². The molecule has 20 heavy (non-hydrogen) atoms. The zero-order valence-electron chi connectivity index (χ0n) is 12.5. The standard InChI is InChI=1S/C14H24N4O2/c1-4-5-15-13-11(3)14(17-9-16-13)18-6-12(7-19)20-8-10(18)2/h9-10,12,19H,4-8H2,1-3H3,(H,15,16,17). The highest BCUT2D eigenvalue weighted by Crippen LogP contribution is 2.26. The van der Waals surface area contributed by atoms with Gasteiger partial charge in [-0.05, 0) is 20.3 Å². The lowest BCUT2D eigenvalue weighted by Crippen LogP contribution is -2.50. The van der Waals surface area contributed by atoms with E-state index in [1.54, 1.807) is 6.33 Å². The second-order valence-electron chi connectivity index (χ2n) is 5.24. The molecule has 112 valence electrons. The summed E-state index contributed by atoms with van der Waals surface area (Å²) < 4.78 is 5.58. The van der Waals surface area contributed by atoms with Gasteiger partial charge in [-0.3, -0.25) is 0 Å². The van der Waals surface area contributed by atoms with Crippen LogP contribution >= 0.6 is 0 Å². The fourth-order valence-corrected chi connectivity index (χ4v) is 2.38. The van der Waals surface area contributed by atoms with E-state index in [2.05, 4.69) is 34.0 Å². The van der Waals surface area contributed by atoms with E-state index in [0.717, 1.165) is 30.2 Å². The Bertz CT molecular complexity index is 441. The topological polar surface area (TPSA) is 70.5 Å². The summed E-state index contributed by atoms with van der Waals surface area (Å²) in [6, 6.07) is 0.241. The van der Waals surface area contributed by atoms with Crippen molar-refractivity contribution in [1.82, 2.24) is 9.97 Å². The first kappa shape index (κ1) is 15.0. The molecule has 6 nitrogen and oxygen atoms in total. The predicted octanol–water partition coefficient (Wildman–Crippen LogP) is 1.19. The Kier molecular flexibility index (Phi) is 5.14. The van der Waals surface area contributed by atoms with Crippen molar-refractivity contribution in [1.29, 1.82) is 0 Å². The molecule has 1 saturated heterocycles. The fourth-order valence-electron chi connectivity index (χ4n) is 2.38. The maximum Gasteiger partial charge on any atom is 0.137 e. The van der Waals surface area contributed by atoms with Crippen molar-refractivity contribution in [3.05, 3.63) is 11.9 Å². The van der Waals surface area contributed by atoms with E-state index in [4.69, 9.17) is 4.74 Å². The molecule has 0 amide bonds. The molecule has 1 aromatic rings. The average Bonchev–Trinajstić information content (AvgIpc) is 2.47. The average molecular weight is 280 g/mol. The lowest BCUT2D eigenvalue weighted by atomic mass is 10.1. The molecule has 2 atom stereocenters. The van der Waals surface area contributed by atoms with Gasteiger partial charge in [-0.15, -0.1) is 0 Å². The number of rotatable bonds is 5. The maximum atomic E-state index is 9.29. The third kappa shape index (κ3) is 3.19. The Labute approximate surface area is 120 Å². The molecule has 2 unspecified atom stereocenters. The molecule has 0 spiro atoms. The van der Waals surface area contributed by atoms with Gasteiger partial charge in [0.2, 0.25) is 0 Å². The second-order valence-corrected chi connectivity index (χ2v) is 5.24. The molecule has 2 N–H and O–H groups in total. The molecule has 1 aromatic heterocycles. The summed E-state index contributed by atoms with van der Waals surface area (Å²) in [7, 11) is 0. The van der Waals surface area contributed by atoms with Gasteiger partial charge in [-0.1, -0.05) is 6.92 Å². The molecule has 2 rings (SSSR count). The molecular formula is C14H24N4O2. The zero-order valence-corrected chi connectivity index (χ0v) is 12.5. The molecule has 0 aliphatic carbocycles. The number of anilines is 2. The highest BCUT2D eigenvalue weighted by molar-refractivity contribution is 5.58. The van der Waals surface area contributed by atoms with Crippen LogP contribution in [0.2, 0.25) is 0 Å². The third-order valence-corrected chi connectivity index (χ3v) is 3.58. The number of hydrogen-bond donors (Lipinski definition) is 2. The normalized spacial score (nSPS) is 22.9. The van der Waals surface area contributed by atoms with Crippen LogP contribution in [0.5, 0.6) is 0 Å². The van der Waals surface area contributed by atoms with Crippen molar-refractivity contribution in [3.8, 4) is 0 Å². The first-order chi connectivity index (χ1) is 9.67. The lowest BCUT2D eigenvalue weighted by Gasteiger charge is -2.39. The van der Waals surface area contributed by atoms with E-state index in [0.29, 0.717) is 13.2 Å². The Morgan fingerprint density at radius 2 is 2.30 bits per heavy atom. The van der Waals surface area contributed by atoms with Crippen LogP contribution in [0, 0.1) is 6.92 Å². The van der Waals surface area contributed by atoms with Crippen LogP contribution in [-0.4, -0.2) is 53.5 Å². The molecule has 1 aliphatic rings. The summed E-state index contributed by atoms with van der Waals surface area (Å²) in [5, 5.41) is 12.6. The van der Waals surface area contributed by atoms with Gasteiger partial charge in [0.05, 0.1) is 25.4 Å². The summed E-state index contributed by atoms with van der Waals surface area (Å²) in [5.74, 6) is 1.81. The number of nitrogens with zero attached hydrogens (tertiary/aromatic N) is 3. The lowest BCUT2D eigenvalue weighted by molar-refractivity contribution is -0.0106.